The fraction of sp³-hybridized carbons (Fsp3) is 0.615. The molecule has 0 saturated heterocycles. The van der Waals surface area contributed by atoms with Crippen molar-refractivity contribution in [1.29, 1.82) is 0 Å². The predicted molar refractivity (Wildman–Crippen MR) is 73.0 cm³/mol. The molecule has 0 radical (unpaired) electrons. The third kappa shape index (κ3) is 3.75. The molecule has 0 unspecified atom stereocenters. The van der Waals surface area contributed by atoms with Crippen LogP contribution in [-0.2, 0) is 6.18 Å². The van der Waals surface area contributed by atoms with Crippen molar-refractivity contribution in [3.05, 3.63) is 17.7 Å². The molecule has 1 aromatic rings. The van der Waals surface area contributed by atoms with Gasteiger partial charge in [0.05, 0.1) is 17.7 Å². The first kappa shape index (κ1) is 16.6. The maximum Gasteiger partial charge on any atom is 0.416 e. The quantitative estimate of drug-likeness (QED) is 0.876. The molecule has 20 heavy (non-hydrogen) atoms. The van der Waals surface area contributed by atoms with Crippen LogP contribution < -0.4 is 10.2 Å². The van der Waals surface area contributed by atoms with E-state index in [9.17, 15) is 18.3 Å². The van der Waals surface area contributed by atoms with Gasteiger partial charge in [-0.25, -0.2) is 4.98 Å². The molecular formula is C13H20F3N3O. The molecule has 0 fully saturated rings. The summed E-state index contributed by atoms with van der Waals surface area (Å²) < 4.78 is 38.7. The number of alkyl halides is 3. The molecule has 1 aromatic heterocycles. The van der Waals surface area contributed by atoms with Crippen molar-refractivity contribution in [2.45, 2.75) is 32.5 Å². The molecule has 0 amide bonds. The van der Waals surface area contributed by atoms with Gasteiger partial charge in [-0.2, -0.15) is 13.2 Å². The molecule has 7 heteroatoms. The summed E-state index contributed by atoms with van der Waals surface area (Å²) >= 11 is 0. The lowest BCUT2D eigenvalue weighted by Gasteiger charge is -2.35. The van der Waals surface area contributed by atoms with Gasteiger partial charge >= 0.3 is 6.18 Å². The Labute approximate surface area is 116 Å². The van der Waals surface area contributed by atoms with Gasteiger partial charge in [-0.15, -0.1) is 0 Å². The molecule has 0 spiro atoms. The summed E-state index contributed by atoms with van der Waals surface area (Å²) in [6.07, 6.45) is -4.44. The minimum atomic E-state index is -4.44. The van der Waals surface area contributed by atoms with Crippen molar-refractivity contribution in [3.63, 3.8) is 0 Å². The molecule has 0 atom stereocenters. The third-order valence-corrected chi connectivity index (χ3v) is 3.14. The summed E-state index contributed by atoms with van der Waals surface area (Å²) in [6.45, 7) is 5.51. The van der Waals surface area contributed by atoms with Gasteiger partial charge in [0.15, 0.2) is 0 Å². The van der Waals surface area contributed by atoms with Crippen LogP contribution in [-0.4, -0.2) is 35.8 Å². The van der Waals surface area contributed by atoms with E-state index >= 15 is 0 Å². The number of aromatic nitrogens is 1. The van der Waals surface area contributed by atoms with Crippen LogP contribution >= 0.6 is 0 Å². The van der Waals surface area contributed by atoms with Crippen LogP contribution in [0.2, 0.25) is 0 Å². The molecule has 0 aliphatic carbocycles. The van der Waals surface area contributed by atoms with Crippen LogP contribution in [0.15, 0.2) is 12.1 Å². The van der Waals surface area contributed by atoms with Crippen LogP contribution in [0.5, 0.6) is 0 Å². The molecule has 1 rings (SSSR count). The number of anilines is 2. The lowest BCUT2D eigenvalue weighted by molar-refractivity contribution is -0.137. The Morgan fingerprint density at radius 3 is 2.35 bits per heavy atom. The Morgan fingerprint density at radius 1 is 1.30 bits per heavy atom. The van der Waals surface area contributed by atoms with E-state index < -0.39 is 17.3 Å². The highest BCUT2D eigenvalue weighted by atomic mass is 19.4. The minimum absolute atomic E-state index is 0.162. The number of hydrogen-bond acceptors (Lipinski definition) is 4. The maximum absolute atomic E-state index is 12.9. The Kier molecular flexibility index (Phi) is 4.86. The number of aliphatic hydroxyl groups is 1. The van der Waals surface area contributed by atoms with E-state index in [1.165, 1.54) is 4.90 Å². The van der Waals surface area contributed by atoms with Crippen molar-refractivity contribution in [1.82, 2.24) is 4.98 Å². The second kappa shape index (κ2) is 5.87. The van der Waals surface area contributed by atoms with Crippen LogP contribution in [0.3, 0.4) is 0 Å². The first-order chi connectivity index (χ1) is 9.11. The lowest BCUT2D eigenvalue weighted by Crippen LogP contribution is -2.45. The van der Waals surface area contributed by atoms with Crippen molar-refractivity contribution in [2.24, 2.45) is 0 Å². The zero-order chi connectivity index (χ0) is 15.6. The van der Waals surface area contributed by atoms with Gasteiger partial charge in [-0.1, -0.05) is 0 Å². The van der Waals surface area contributed by atoms with Crippen molar-refractivity contribution in [3.8, 4) is 0 Å². The number of likely N-dealkylation sites (N-methyl/N-ethyl adjacent to an activating group) is 1. The van der Waals surface area contributed by atoms with E-state index in [0.29, 0.717) is 6.54 Å². The van der Waals surface area contributed by atoms with Gasteiger partial charge < -0.3 is 15.3 Å². The first-order valence-electron chi connectivity index (χ1n) is 6.29. The summed E-state index contributed by atoms with van der Waals surface area (Å²) in [5.74, 6) is 0.327. The standard InChI is InChI=1S/C13H20F3N3O/c1-5-17-10-6-9(13(14,15)16)7-11(18-10)19(4)12(2,3)8-20/h6-7,20H,5,8H2,1-4H3,(H,17,18). The van der Waals surface area contributed by atoms with Crippen molar-refractivity contribution >= 4 is 11.6 Å². The number of nitrogens with one attached hydrogen (secondary N) is 1. The molecule has 2 N–H and O–H groups in total. The van der Waals surface area contributed by atoms with Gasteiger partial charge in [0.25, 0.3) is 0 Å². The highest BCUT2D eigenvalue weighted by Gasteiger charge is 2.33. The third-order valence-electron chi connectivity index (χ3n) is 3.14. The molecule has 0 saturated carbocycles. The number of aliphatic hydroxyl groups excluding tert-OH is 1. The molecule has 4 nitrogen and oxygen atoms in total. The number of halogens is 3. The molecular weight excluding hydrogens is 271 g/mol. The van der Waals surface area contributed by atoms with E-state index in [4.69, 9.17) is 0 Å². The van der Waals surface area contributed by atoms with Crippen LogP contribution in [0, 0.1) is 0 Å². The molecule has 1 heterocycles. The largest absolute Gasteiger partial charge is 0.416 e. The Hall–Kier alpha value is -1.50. The number of pyridine rings is 1. The molecule has 0 bridgehead atoms. The Balaban J connectivity index is 3.28. The Bertz CT molecular complexity index is 461. The Morgan fingerprint density at radius 2 is 1.90 bits per heavy atom. The van der Waals surface area contributed by atoms with Gasteiger partial charge in [0.2, 0.25) is 0 Å². The van der Waals surface area contributed by atoms with Crippen molar-refractivity contribution < 1.29 is 18.3 Å². The molecule has 0 aliphatic heterocycles. The van der Waals surface area contributed by atoms with Crippen molar-refractivity contribution in [2.75, 3.05) is 30.4 Å². The minimum Gasteiger partial charge on any atom is -0.394 e. The highest BCUT2D eigenvalue weighted by Crippen LogP contribution is 2.33. The van der Waals surface area contributed by atoms with Crippen LogP contribution in [0.4, 0.5) is 24.8 Å². The van der Waals surface area contributed by atoms with Gasteiger partial charge in [0.1, 0.15) is 11.6 Å². The average Bonchev–Trinajstić information content (AvgIpc) is 2.36. The van der Waals surface area contributed by atoms with Gasteiger partial charge in [-0.3, -0.25) is 0 Å². The molecule has 0 aliphatic rings. The lowest BCUT2D eigenvalue weighted by atomic mass is 10.0. The first-order valence-corrected chi connectivity index (χ1v) is 6.29. The van der Waals surface area contributed by atoms with Crippen LogP contribution in [0.25, 0.3) is 0 Å². The highest BCUT2D eigenvalue weighted by molar-refractivity contribution is 5.52. The summed E-state index contributed by atoms with van der Waals surface area (Å²) in [7, 11) is 1.61. The van der Waals surface area contributed by atoms with E-state index in [1.54, 1.807) is 27.8 Å². The second-order valence-corrected chi connectivity index (χ2v) is 5.16. The zero-order valence-corrected chi connectivity index (χ0v) is 12.0. The second-order valence-electron chi connectivity index (χ2n) is 5.16. The van der Waals surface area contributed by atoms with E-state index in [-0.39, 0.29) is 18.2 Å². The number of hydrogen-bond donors (Lipinski definition) is 2. The fourth-order valence-electron chi connectivity index (χ4n) is 1.54. The molecule has 0 aromatic carbocycles. The SMILES string of the molecule is CCNc1cc(C(F)(F)F)cc(N(C)C(C)(C)CO)n1. The molecule has 114 valence electrons. The normalized spacial score (nSPS) is 12.4. The van der Waals surface area contributed by atoms with E-state index in [0.717, 1.165) is 12.1 Å². The fourth-order valence-corrected chi connectivity index (χ4v) is 1.54. The van der Waals surface area contributed by atoms with Gasteiger partial charge in [-0.05, 0) is 32.9 Å². The summed E-state index contributed by atoms with van der Waals surface area (Å²) in [6, 6.07) is 1.96. The van der Waals surface area contributed by atoms with Crippen LogP contribution in [0.1, 0.15) is 26.3 Å². The van der Waals surface area contributed by atoms with E-state index in [2.05, 4.69) is 10.3 Å². The predicted octanol–water partition coefficient (Wildman–Crippen LogP) is 2.74. The summed E-state index contributed by atoms with van der Waals surface area (Å²) in [5, 5.41) is 12.1. The van der Waals surface area contributed by atoms with E-state index in [1.807, 2.05) is 0 Å². The summed E-state index contributed by atoms with van der Waals surface area (Å²) in [5.41, 5.74) is -1.47. The number of nitrogens with zero attached hydrogens (tertiary/aromatic N) is 2. The smallest absolute Gasteiger partial charge is 0.394 e. The monoisotopic (exact) mass is 291 g/mol. The topological polar surface area (TPSA) is 48.4 Å². The zero-order valence-electron chi connectivity index (χ0n) is 12.0. The van der Waals surface area contributed by atoms with Gasteiger partial charge in [0, 0.05) is 13.6 Å². The summed E-state index contributed by atoms with van der Waals surface area (Å²) in [4.78, 5) is 5.69. The maximum atomic E-state index is 12.9. The average molecular weight is 291 g/mol. The number of rotatable bonds is 5.